The van der Waals surface area contributed by atoms with Crippen LogP contribution in [-0.2, 0) is 29.7 Å². The minimum atomic E-state index is -5.10. The quantitative estimate of drug-likeness (QED) is 0.289. The highest BCUT2D eigenvalue weighted by Crippen LogP contribution is 2.46. The fourth-order valence-corrected chi connectivity index (χ4v) is 5.75. The highest BCUT2D eigenvalue weighted by Gasteiger charge is 2.61. The molecule has 232 valence electrons. The van der Waals surface area contributed by atoms with Crippen molar-refractivity contribution in [2.24, 2.45) is 0 Å². The third-order valence-corrected chi connectivity index (χ3v) is 7.52. The summed E-state index contributed by atoms with van der Waals surface area (Å²) in [5.41, 5.74) is -1.28. The fraction of sp³-hybridized carbons (Fsp3) is 0.500. The van der Waals surface area contributed by atoms with Crippen LogP contribution >= 0.6 is 0 Å². The molecule has 0 aromatic heterocycles. The monoisotopic (exact) mass is 614 g/mol. The van der Waals surface area contributed by atoms with Gasteiger partial charge in [-0.25, -0.2) is 0 Å². The standard InChI is InChI=1S/C26H29F9N5O2/c1-5-21-9-7-16-11-17(24(27,28)29)8-10-22(16)40(21,23(41)42-6-2)39-15(3)38(37(4)36-39)20-13-18(25(30,31)32)12-19(14-20)26(33,34)35/h8,10-15,21,36H,5-7,9H2,1-4H3/q+1/t15?,21?,40-/m1/s1. The minimum absolute atomic E-state index is 0.00827. The number of nitrogens with one attached hydrogen (secondary N) is 1. The van der Waals surface area contributed by atoms with Crippen molar-refractivity contribution in [1.82, 2.24) is 20.4 Å². The van der Waals surface area contributed by atoms with E-state index in [9.17, 15) is 44.3 Å². The van der Waals surface area contributed by atoms with Crippen molar-refractivity contribution in [3.8, 4) is 0 Å². The molecule has 0 spiro atoms. The number of anilines is 1. The average molecular weight is 615 g/mol. The first-order valence-corrected chi connectivity index (χ1v) is 13.0. The fourth-order valence-electron chi connectivity index (χ4n) is 5.75. The summed E-state index contributed by atoms with van der Waals surface area (Å²) in [4.78, 5) is 13.9. The van der Waals surface area contributed by atoms with Crippen molar-refractivity contribution in [1.29, 1.82) is 0 Å². The number of ether oxygens (including phenoxy) is 1. The summed E-state index contributed by atoms with van der Waals surface area (Å²) < 4.78 is 127. The van der Waals surface area contributed by atoms with Crippen LogP contribution in [0.2, 0.25) is 0 Å². The van der Waals surface area contributed by atoms with E-state index in [1.807, 2.05) is 0 Å². The van der Waals surface area contributed by atoms with Crippen LogP contribution < -0.4 is 15.1 Å². The maximum absolute atomic E-state index is 13.9. The molecule has 0 bridgehead atoms. The second kappa shape index (κ2) is 10.9. The Kier molecular flexibility index (Phi) is 8.25. The van der Waals surface area contributed by atoms with E-state index in [0.29, 0.717) is 18.6 Å². The summed E-state index contributed by atoms with van der Waals surface area (Å²) in [6, 6.07) is 3.45. The van der Waals surface area contributed by atoms with Gasteiger partial charge >= 0.3 is 24.6 Å². The number of nitrogens with zero attached hydrogens (tertiary/aromatic N) is 4. The lowest BCUT2D eigenvalue weighted by atomic mass is 9.91. The van der Waals surface area contributed by atoms with Crippen molar-refractivity contribution >= 4 is 17.5 Å². The molecule has 4 rings (SSSR count). The first kappa shape index (κ1) is 31.8. The van der Waals surface area contributed by atoms with Gasteiger partial charge in [0.2, 0.25) is 0 Å². The topological polar surface area (TPSA) is 48.1 Å². The van der Waals surface area contributed by atoms with Gasteiger partial charge in [0.25, 0.3) is 0 Å². The number of halogens is 9. The molecule has 0 aliphatic carbocycles. The molecule has 1 fully saturated rings. The number of fused-ring (bicyclic) bond motifs is 1. The number of quaternary nitrogens is 1. The largest absolute Gasteiger partial charge is 0.543 e. The Morgan fingerprint density at radius 3 is 2.00 bits per heavy atom. The molecule has 3 atom stereocenters. The van der Waals surface area contributed by atoms with Gasteiger partial charge in [0.05, 0.1) is 29.0 Å². The number of carbonyl (C=O) groups excluding carboxylic acids is 1. The number of rotatable bonds is 4. The van der Waals surface area contributed by atoms with Gasteiger partial charge in [-0.1, -0.05) is 11.5 Å². The second-order valence-corrected chi connectivity index (χ2v) is 10.0. The number of alkyl halides is 9. The summed E-state index contributed by atoms with van der Waals surface area (Å²) in [6.45, 7) is 4.63. The number of hydrazine groups is 3. The van der Waals surface area contributed by atoms with Gasteiger partial charge in [-0.05, 0) is 62.1 Å². The molecule has 2 unspecified atom stereocenters. The molecule has 2 heterocycles. The summed E-state index contributed by atoms with van der Waals surface area (Å²) >= 11 is 0. The van der Waals surface area contributed by atoms with Crippen LogP contribution in [0.5, 0.6) is 0 Å². The van der Waals surface area contributed by atoms with Crippen molar-refractivity contribution in [3.63, 3.8) is 0 Å². The molecule has 1 N–H and O–H groups in total. The normalized spacial score (nSPS) is 24.2. The number of aryl methyl sites for hydroxylation is 1. The van der Waals surface area contributed by atoms with Crippen molar-refractivity contribution in [2.75, 3.05) is 18.7 Å². The maximum atomic E-state index is 13.9. The van der Waals surface area contributed by atoms with E-state index in [2.05, 4.69) is 5.53 Å². The smallest absolute Gasteiger partial charge is 0.419 e. The Bertz CT molecular complexity index is 1300. The van der Waals surface area contributed by atoms with Gasteiger partial charge in [-0.3, -0.25) is 5.01 Å². The van der Waals surface area contributed by atoms with Gasteiger partial charge in [0, 0.05) is 25.1 Å². The van der Waals surface area contributed by atoms with E-state index in [4.69, 9.17) is 4.74 Å². The predicted octanol–water partition coefficient (Wildman–Crippen LogP) is 7.28. The summed E-state index contributed by atoms with van der Waals surface area (Å²) in [7, 11) is 1.32. The van der Waals surface area contributed by atoms with E-state index in [0.717, 1.165) is 22.3 Å². The molecular weight excluding hydrogens is 585 g/mol. The highest BCUT2D eigenvalue weighted by molar-refractivity contribution is 5.84. The van der Waals surface area contributed by atoms with Crippen LogP contribution in [0.1, 0.15) is 55.9 Å². The van der Waals surface area contributed by atoms with Gasteiger partial charge in [-0.15, -0.1) is 10.7 Å². The Morgan fingerprint density at radius 2 is 1.50 bits per heavy atom. The predicted molar refractivity (Wildman–Crippen MR) is 134 cm³/mol. The van der Waals surface area contributed by atoms with E-state index in [1.165, 1.54) is 32.1 Å². The van der Waals surface area contributed by atoms with E-state index < -0.39 is 63.8 Å². The van der Waals surface area contributed by atoms with Crippen LogP contribution in [0, 0.1) is 0 Å². The third-order valence-electron chi connectivity index (χ3n) is 7.52. The average Bonchev–Trinajstić information content (AvgIpc) is 3.19. The molecule has 0 radical (unpaired) electrons. The number of benzene rings is 2. The van der Waals surface area contributed by atoms with E-state index in [1.54, 1.807) is 6.92 Å². The van der Waals surface area contributed by atoms with Crippen LogP contribution in [0.25, 0.3) is 0 Å². The molecular formula is C26H29F9N5O2+. The molecule has 2 aromatic carbocycles. The first-order chi connectivity index (χ1) is 19.4. The molecule has 0 saturated carbocycles. The third kappa shape index (κ3) is 5.40. The van der Waals surface area contributed by atoms with Gasteiger partial charge < -0.3 is 4.74 Å². The summed E-state index contributed by atoms with van der Waals surface area (Å²) in [5, 5.41) is 3.49. The number of amides is 1. The Morgan fingerprint density at radius 1 is 0.929 bits per heavy atom. The molecule has 1 amide bonds. The zero-order chi connectivity index (χ0) is 31.4. The molecule has 42 heavy (non-hydrogen) atoms. The van der Waals surface area contributed by atoms with Crippen molar-refractivity contribution in [3.05, 3.63) is 58.7 Å². The Hall–Kier alpha value is -3.08. The van der Waals surface area contributed by atoms with Crippen molar-refractivity contribution in [2.45, 2.75) is 70.8 Å². The molecule has 16 heteroatoms. The van der Waals surface area contributed by atoms with E-state index in [-0.39, 0.29) is 36.8 Å². The highest BCUT2D eigenvalue weighted by atomic mass is 19.4. The molecule has 2 aromatic rings. The minimum Gasteiger partial charge on any atom is -0.419 e. The SMILES string of the molecule is CCOC(=O)[N@+]1(N2NN(C)N(c3cc(C(F)(F)F)cc(C(F)(F)F)c3)C2C)c2ccc(C(F)(F)F)cc2CCC1CC. The first-order valence-electron chi connectivity index (χ1n) is 13.0. The summed E-state index contributed by atoms with van der Waals surface area (Å²) in [5.74, 6) is 0. The van der Waals surface area contributed by atoms with E-state index >= 15 is 0 Å². The van der Waals surface area contributed by atoms with Crippen LogP contribution in [-0.4, -0.2) is 42.2 Å². The van der Waals surface area contributed by atoms with Crippen LogP contribution in [0.3, 0.4) is 0 Å². The zero-order valence-electron chi connectivity index (χ0n) is 23.0. The van der Waals surface area contributed by atoms with Gasteiger partial charge in [0.1, 0.15) is 6.04 Å². The Balaban J connectivity index is 1.92. The Labute approximate surface area is 235 Å². The molecule has 2 aliphatic heterocycles. The van der Waals surface area contributed by atoms with Gasteiger partial charge in [-0.2, -0.15) is 44.3 Å². The number of hydrogen-bond acceptors (Lipinski definition) is 6. The lowest BCUT2D eigenvalue weighted by Gasteiger charge is -2.47. The van der Waals surface area contributed by atoms with Gasteiger partial charge in [0.15, 0.2) is 11.9 Å². The maximum Gasteiger partial charge on any atom is 0.543 e. The lowest BCUT2D eigenvalue weighted by Crippen LogP contribution is -2.75. The number of hydrogen-bond donors (Lipinski definition) is 1. The molecule has 1 saturated heterocycles. The summed E-state index contributed by atoms with van der Waals surface area (Å²) in [6.07, 6.45) is -16.1. The lowest BCUT2D eigenvalue weighted by molar-refractivity contribution is -0.143. The zero-order valence-corrected chi connectivity index (χ0v) is 23.0. The number of carbonyl (C=O) groups is 1. The van der Waals surface area contributed by atoms with Crippen LogP contribution in [0.4, 0.5) is 55.7 Å². The van der Waals surface area contributed by atoms with Crippen molar-refractivity contribution < 1.29 is 49.0 Å². The van der Waals surface area contributed by atoms with Crippen LogP contribution in [0.15, 0.2) is 36.4 Å². The second-order valence-electron chi connectivity index (χ2n) is 10.0. The molecule has 7 nitrogen and oxygen atoms in total. The molecule has 2 aliphatic rings.